The number of allylic oxidation sites excluding steroid dienone is 4. The van der Waals surface area contributed by atoms with Crippen LogP contribution in [0.5, 0.6) is 0 Å². The fourth-order valence-corrected chi connectivity index (χ4v) is 2.08. The number of rotatable bonds is 3. The largest absolute Gasteiger partial charge is 0.573 e. The van der Waals surface area contributed by atoms with Crippen LogP contribution in [0.1, 0.15) is 12.8 Å². The summed E-state index contributed by atoms with van der Waals surface area (Å²) in [6.07, 6.45) is 2.60. The average molecular weight is 275 g/mol. The Hall–Kier alpha value is -1.43. The molecule has 6 heteroatoms. The van der Waals surface area contributed by atoms with Gasteiger partial charge in [-0.3, -0.25) is 0 Å². The van der Waals surface area contributed by atoms with Gasteiger partial charge in [0.25, 0.3) is 0 Å². The minimum Gasteiger partial charge on any atom is -0.493 e. The van der Waals surface area contributed by atoms with Crippen molar-refractivity contribution in [2.24, 2.45) is 0 Å². The summed E-state index contributed by atoms with van der Waals surface area (Å²) in [7, 11) is 2.01. The Morgan fingerprint density at radius 1 is 1.32 bits per heavy atom. The van der Waals surface area contributed by atoms with E-state index in [1.54, 1.807) is 12.2 Å². The van der Waals surface area contributed by atoms with E-state index in [-0.39, 0.29) is 11.9 Å². The van der Waals surface area contributed by atoms with E-state index in [9.17, 15) is 13.2 Å². The van der Waals surface area contributed by atoms with Crippen molar-refractivity contribution in [2.75, 3.05) is 20.1 Å². The average Bonchev–Trinajstić information content (AvgIpc) is 2.56. The van der Waals surface area contributed by atoms with Crippen LogP contribution in [0.3, 0.4) is 0 Å². The van der Waals surface area contributed by atoms with Crippen LogP contribution in [0.4, 0.5) is 13.2 Å². The molecule has 0 N–H and O–H groups in total. The van der Waals surface area contributed by atoms with E-state index >= 15 is 0 Å². The Labute approximate surface area is 110 Å². The third-order valence-electron chi connectivity index (χ3n) is 2.93. The van der Waals surface area contributed by atoms with Crippen LogP contribution in [0, 0.1) is 0 Å². The second-order valence-electron chi connectivity index (χ2n) is 4.65. The molecule has 0 aromatic heterocycles. The second-order valence-corrected chi connectivity index (χ2v) is 4.65. The van der Waals surface area contributed by atoms with Gasteiger partial charge in [-0.1, -0.05) is 6.08 Å². The first-order valence-corrected chi connectivity index (χ1v) is 6.11. The first-order valence-electron chi connectivity index (χ1n) is 6.11. The fourth-order valence-electron chi connectivity index (χ4n) is 2.08. The minimum atomic E-state index is -4.66. The van der Waals surface area contributed by atoms with Crippen molar-refractivity contribution in [1.82, 2.24) is 4.90 Å². The second kappa shape index (κ2) is 5.69. The van der Waals surface area contributed by atoms with Crippen molar-refractivity contribution in [3.05, 3.63) is 35.8 Å². The highest BCUT2D eigenvalue weighted by atomic mass is 19.4. The van der Waals surface area contributed by atoms with E-state index in [1.165, 1.54) is 12.2 Å². The van der Waals surface area contributed by atoms with Gasteiger partial charge in [0.2, 0.25) is 0 Å². The number of halogens is 3. The maximum absolute atomic E-state index is 12.1. The molecule has 0 amide bonds. The molecule has 1 heterocycles. The number of hydrogen-bond acceptors (Lipinski definition) is 3. The van der Waals surface area contributed by atoms with Crippen LogP contribution in [0.2, 0.25) is 0 Å². The molecule has 2 aliphatic rings. The van der Waals surface area contributed by atoms with Crippen molar-refractivity contribution >= 4 is 0 Å². The summed E-state index contributed by atoms with van der Waals surface area (Å²) in [5.41, 5.74) is 0. The first-order chi connectivity index (χ1) is 8.92. The lowest BCUT2D eigenvalue weighted by molar-refractivity contribution is -0.303. The van der Waals surface area contributed by atoms with Gasteiger partial charge in [-0.2, -0.15) is 0 Å². The predicted molar refractivity (Wildman–Crippen MR) is 64.1 cm³/mol. The summed E-state index contributed by atoms with van der Waals surface area (Å²) < 4.78 is 45.9. The van der Waals surface area contributed by atoms with Gasteiger partial charge in [-0.15, -0.1) is 13.2 Å². The minimum absolute atomic E-state index is 0.114. The van der Waals surface area contributed by atoms with Gasteiger partial charge in [0, 0.05) is 19.5 Å². The van der Waals surface area contributed by atoms with Gasteiger partial charge >= 0.3 is 6.36 Å². The monoisotopic (exact) mass is 275 g/mol. The normalized spacial score (nSPS) is 24.7. The van der Waals surface area contributed by atoms with Crippen LogP contribution in [-0.4, -0.2) is 37.5 Å². The Morgan fingerprint density at radius 2 is 2.11 bits per heavy atom. The number of ether oxygens (including phenoxy) is 2. The molecule has 1 atom stereocenters. The van der Waals surface area contributed by atoms with Crippen LogP contribution < -0.4 is 0 Å². The Kier molecular flexibility index (Phi) is 4.19. The number of likely N-dealkylation sites (N-methyl/N-ethyl adjacent to an activating group) is 1. The number of nitrogens with zero attached hydrogens (tertiary/aromatic N) is 1. The van der Waals surface area contributed by atoms with Crippen molar-refractivity contribution in [1.29, 1.82) is 0 Å². The molecular weight excluding hydrogens is 259 g/mol. The number of alkyl halides is 3. The van der Waals surface area contributed by atoms with Gasteiger partial charge in [0.05, 0.1) is 0 Å². The summed E-state index contributed by atoms with van der Waals surface area (Å²) in [4.78, 5) is 2.16. The molecule has 0 bridgehead atoms. The molecule has 0 aromatic rings. The molecule has 19 heavy (non-hydrogen) atoms. The van der Waals surface area contributed by atoms with E-state index in [1.807, 2.05) is 7.05 Å². The number of hydrogen-bond donors (Lipinski definition) is 0. The lowest BCUT2D eigenvalue weighted by Crippen LogP contribution is -2.18. The van der Waals surface area contributed by atoms with E-state index in [4.69, 9.17) is 4.74 Å². The van der Waals surface area contributed by atoms with Crippen molar-refractivity contribution < 1.29 is 22.6 Å². The molecular formula is C13H16F3NO2. The molecule has 0 spiro atoms. The van der Waals surface area contributed by atoms with E-state index in [0.717, 1.165) is 19.5 Å². The summed E-state index contributed by atoms with van der Waals surface area (Å²) in [5.74, 6) is 0.437. The zero-order valence-electron chi connectivity index (χ0n) is 10.6. The van der Waals surface area contributed by atoms with Gasteiger partial charge < -0.3 is 14.4 Å². The van der Waals surface area contributed by atoms with Crippen LogP contribution in [-0.2, 0) is 9.47 Å². The lowest BCUT2D eigenvalue weighted by atomic mass is 10.3. The zero-order valence-corrected chi connectivity index (χ0v) is 10.6. The van der Waals surface area contributed by atoms with Gasteiger partial charge in [0.15, 0.2) is 0 Å². The topological polar surface area (TPSA) is 21.7 Å². The molecule has 0 aromatic carbocycles. The predicted octanol–water partition coefficient (Wildman–Crippen LogP) is 2.97. The van der Waals surface area contributed by atoms with Gasteiger partial charge in [-0.05, 0) is 31.7 Å². The Balaban J connectivity index is 1.94. The maximum Gasteiger partial charge on any atom is 0.573 e. The third kappa shape index (κ3) is 4.63. The first kappa shape index (κ1) is 14.0. The van der Waals surface area contributed by atoms with Crippen molar-refractivity contribution in [3.63, 3.8) is 0 Å². The molecule has 1 aliphatic carbocycles. The molecule has 0 saturated carbocycles. The highest BCUT2D eigenvalue weighted by Crippen LogP contribution is 2.24. The molecule has 2 rings (SSSR count). The van der Waals surface area contributed by atoms with Crippen molar-refractivity contribution in [2.45, 2.75) is 25.3 Å². The van der Waals surface area contributed by atoms with Crippen LogP contribution in [0.15, 0.2) is 35.8 Å². The number of likely N-dealkylation sites (tertiary alicyclic amines) is 1. The van der Waals surface area contributed by atoms with Crippen LogP contribution >= 0.6 is 0 Å². The Bertz CT molecular complexity index is 413. The third-order valence-corrected chi connectivity index (χ3v) is 2.93. The summed E-state index contributed by atoms with van der Waals surface area (Å²) in [6.45, 7) is 1.82. The molecule has 1 fully saturated rings. The molecule has 1 saturated heterocycles. The molecule has 0 radical (unpaired) electrons. The standard InChI is InChI=1S/C13H16F3NO2/c1-17-8-7-12(9-17)18-10-3-2-4-11(6-5-10)19-13(14,15)16/h2,4-6,12H,3,7-9H2,1H3. The van der Waals surface area contributed by atoms with Crippen LogP contribution in [0.25, 0.3) is 0 Å². The zero-order chi connectivity index (χ0) is 13.9. The maximum atomic E-state index is 12.1. The van der Waals surface area contributed by atoms with E-state index in [0.29, 0.717) is 12.2 Å². The fraction of sp³-hybridized carbons (Fsp3) is 0.538. The summed E-state index contributed by atoms with van der Waals surface area (Å²) in [6, 6.07) is 0. The highest BCUT2D eigenvalue weighted by molar-refractivity contribution is 5.25. The van der Waals surface area contributed by atoms with E-state index < -0.39 is 6.36 Å². The quantitative estimate of drug-likeness (QED) is 0.790. The lowest BCUT2D eigenvalue weighted by Gasteiger charge is -2.15. The van der Waals surface area contributed by atoms with Gasteiger partial charge in [0.1, 0.15) is 17.6 Å². The Morgan fingerprint density at radius 3 is 2.74 bits per heavy atom. The van der Waals surface area contributed by atoms with Gasteiger partial charge in [-0.25, -0.2) is 0 Å². The molecule has 1 aliphatic heterocycles. The SMILES string of the molecule is CN1CCC(OC2=CC=C(OC(F)(F)F)C=CC2)C1. The summed E-state index contributed by atoms with van der Waals surface area (Å²) >= 11 is 0. The summed E-state index contributed by atoms with van der Waals surface area (Å²) in [5, 5.41) is 0. The molecule has 106 valence electrons. The van der Waals surface area contributed by atoms with E-state index in [2.05, 4.69) is 9.64 Å². The van der Waals surface area contributed by atoms with Crippen molar-refractivity contribution in [3.8, 4) is 0 Å². The molecule has 3 nitrogen and oxygen atoms in total. The smallest absolute Gasteiger partial charge is 0.493 e. The highest BCUT2D eigenvalue weighted by Gasteiger charge is 2.31. The molecule has 1 unspecified atom stereocenters.